The van der Waals surface area contributed by atoms with E-state index in [0.717, 1.165) is 6.42 Å². The van der Waals surface area contributed by atoms with Crippen molar-refractivity contribution in [2.24, 2.45) is 0 Å². The number of anilines is 1. The smallest absolute Gasteiger partial charge is 0.262 e. The zero-order valence-electron chi connectivity index (χ0n) is 16.7. The van der Waals surface area contributed by atoms with Crippen LogP contribution in [0.2, 0.25) is 0 Å². The summed E-state index contributed by atoms with van der Waals surface area (Å²) in [7, 11) is 0. The van der Waals surface area contributed by atoms with E-state index < -0.39 is 0 Å². The standard InChI is InChI=1S/C22H21N3O4S/c1-3-13(2)25-21(28)15-6-4-5-7-16(15)24-22(25)30-12-18(26)14-8-9-19-17(10-14)23-20(27)11-29-19/h4-10,13H,3,11-12H2,1-2H3,(H,23,27). The van der Waals surface area contributed by atoms with Crippen LogP contribution in [0.4, 0.5) is 5.69 Å². The highest BCUT2D eigenvalue weighted by molar-refractivity contribution is 7.99. The maximum atomic E-state index is 13.0. The number of thioether (sulfide) groups is 1. The highest BCUT2D eigenvalue weighted by Crippen LogP contribution is 2.29. The number of carbonyl (C=O) groups is 2. The average molecular weight is 423 g/mol. The van der Waals surface area contributed by atoms with Gasteiger partial charge >= 0.3 is 0 Å². The van der Waals surface area contributed by atoms with E-state index >= 15 is 0 Å². The monoisotopic (exact) mass is 423 g/mol. The molecule has 4 rings (SSSR count). The first-order valence-electron chi connectivity index (χ1n) is 9.72. The Labute approximate surface area is 177 Å². The molecule has 1 atom stereocenters. The Kier molecular flexibility index (Phi) is 5.59. The number of hydrogen-bond donors (Lipinski definition) is 1. The lowest BCUT2D eigenvalue weighted by Gasteiger charge is -2.19. The molecule has 1 aromatic heterocycles. The first-order valence-corrected chi connectivity index (χ1v) is 10.7. The van der Waals surface area contributed by atoms with Crippen molar-refractivity contribution in [3.8, 4) is 5.75 Å². The number of amides is 1. The third-order valence-corrected chi connectivity index (χ3v) is 6.03. The van der Waals surface area contributed by atoms with Crippen molar-refractivity contribution in [2.45, 2.75) is 31.5 Å². The molecule has 1 unspecified atom stereocenters. The number of rotatable bonds is 6. The van der Waals surface area contributed by atoms with Crippen molar-refractivity contribution < 1.29 is 14.3 Å². The fourth-order valence-electron chi connectivity index (χ4n) is 3.27. The van der Waals surface area contributed by atoms with Crippen molar-refractivity contribution >= 4 is 40.0 Å². The van der Waals surface area contributed by atoms with Crippen LogP contribution in [0.15, 0.2) is 52.4 Å². The molecule has 0 aliphatic carbocycles. The second-order valence-electron chi connectivity index (χ2n) is 7.10. The predicted octanol–water partition coefficient (Wildman–Crippen LogP) is 3.67. The summed E-state index contributed by atoms with van der Waals surface area (Å²) in [5.74, 6) is 0.287. The molecule has 0 saturated carbocycles. The molecular weight excluding hydrogens is 402 g/mol. The topological polar surface area (TPSA) is 90.3 Å². The van der Waals surface area contributed by atoms with Gasteiger partial charge in [0.1, 0.15) is 5.75 Å². The third kappa shape index (κ3) is 3.82. The van der Waals surface area contributed by atoms with Gasteiger partial charge in [-0.1, -0.05) is 30.8 Å². The van der Waals surface area contributed by atoms with Crippen LogP contribution in [0.1, 0.15) is 36.7 Å². The molecule has 30 heavy (non-hydrogen) atoms. The summed E-state index contributed by atoms with van der Waals surface area (Å²) in [4.78, 5) is 42.0. The second kappa shape index (κ2) is 8.31. The predicted molar refractivity (Wildman–Crippen MR) is 117 cm³/mol. The number of hydrogen-bond acceptors (Lipinski definition) is 6. The van der Waals surface area contributed by atoms with Crippen molar-refractivity contribution in [1.82, 2.24) is 9.55 Å². The Bertz CT molecular complexity index is 1200. The van der Waals surface area contributed by atoms with Crippen LogP contribution in [0, 0.1) is 0 Å². The number of carbonyl (C=O) groups excluding carboxylic acids is 2. The molecule has 1 amide bonds. The highest BCUT2D eigenvalue weighted by Gasteiger charge is 2.20. The Morgan fingerprint density at radius 1 is 1.27 bits per heavy atom. The summed E-state index contributed by atoms with van der Waals surface area (Å²) in [6.45, 7) is 3.95. The minimum atomic E-state index is -0.251. The van der Waals surface area contributed by atoms with Gasteiger partial charge in [0.05, 0.1) is 22.3 Å². The molecule has 0 radical (unpaired) electrons. The molecule has 0 spiro atoms. The number of nitrogens with one attached hydrogen (secondary N) is 1. The van der Waals surface area contributed by atoms with Crippen LogP contribution in [-0.2, 0) is 4.79 Å². The maximum absolute atomic E-state index is 13.0. The second-order valence-corrected chi connectivity index (χ2v) is 8.05. The fourth-order valence-corrected chi connectivity index (χ4v) is 4.26. The number of nitrogens with zero attached hydrogens (tertiary/aromatic N) is 2. The molecule has 1 aliphatic rings. The van der Waals surface area contributed by atoms with Crippen molar-refractivity contribution in [2.75, 3.05) is 17.7 Å². The minimum Gasteiger partial charge on any atom is -0.482 e. The van der Waals surface area contributed by atoms with Crippen LogP contribution < -0.4 is 15.6 Å². The minimum absolute atomic E-state index is 0.0308. The molecule has 1 N–H and O–H groups in total. The Morgan fingerprint density at radius 3 is 2.87 bits per heavy atom. The number of benzene rings is 2. The van der Waals surface area contributed by atoms with Crippen molar-refractivity contribution in [3.05, 3.63) is 58.4 Å². The lowest BCUT2D eigenvalue weighted by Crippen LogP contribution is -2.26. The number of ether oxygens (including phenoxy) is 1. The quantitative estimate of drug-likeness (QED) is 0.370. The van der Waals surface area contributed by atoms with E-state index in [1.54, 1.807) is 34.9 Å². The van der Waals surface area contributed by atoms with Crippen LogP contribution in [-0.4, -0.2) is 33.6 Å². The molecule has 1 aliphatic heterocycles. The zero-order chi connectivity index (χ0) is 21.3. The van der Waals surface area contributed by atoms with Gasteiger partial charge in [-0.2, -0.15) is 0 Å². The van der Waals surface area contributed by atoms with Crippen LogP contribution >= 0.6 is 11.8 Å². The summed E-state index contributed by atoms with van der Waals surface area (Å²) in [6, 6.07) is 12.2. The molecule has 8 heteroatoms. The van der Waals surface area contributed by atoms with E-state index in [2.05, 4.69) is 10.3 Å². The number of aromatic nitrogens is 2. The van der Waals surface area contributed by atoms with E-state index in [9.17, 15) is 14.4 Å². The van der Waals surface area contributed by atoms with Gasteiger partial charge in [0.25, 0.3) is 11.5 Å². The van der Waals surface area contributed by atoms with Crippen LogP contribution in [0.3, 0.4) is 0 Å². The van der Waals surface area contributed by atoms with Gasteiger partial charge in [-0.05, 0) is 43.7 Å². The molecular formula is C22H21N3O4S. The zero-order valence-corrected chi connectivity index (χ0v) is 17.5. The van der Waals surface area contributed by atoms with Gasteiger partial charge in [-0.25, -0.2) is 4.98 Å². The molecule has 0 bridgehead atoms. The summed E-state index contributed by atoms with van der Waals surface area (Å²) in [6.07, 6.45) is 0.770. The number of ketones is 1. The van der Waals surface area contributed by atoms with Gasteiger partial charge in [0.2, 0.25) is 0 Å². The third-order valence-electron chi connectivity index (χ3n) is 5.07. The Morgan fingerprint density at radius 2 is 2.07 bits per heavy atom. The normalized spacial score (nSPS) is 14.0. The van der Waals surface area contributed by atoms with Crippen LogP contribution in [0.5, 0.6) is 5.75 Å². The molecule has 2 aromatic carbocycles. The van der Waals surface area contributed by atoms with E-state index in [4.69, 9.17) is 4.74 Å². The number of para-hydroxylation sites is 1. The van der Waals surface area contributed by atoms with Gasteiger partial charge in [0, 0.05) is 11.6 Å². The molecule has 7 nitrogen and oxygen atoms in total. The molecule has 154 valence electrons. The maximum Gasteiger partial charge on any atom is 0.262 e. The van der Waals surface area contributed by atoms with Gasteiger partial charge in [-0.3, -0.25) is 19.0 Å². The molecule has 0 saturated heterocycles. The average Bonchev–Trinajstić information content (AvgIpc) is 2.76. The lowest BCUT2D eigenvalue weighted by molar-refractivity contribution is -0.118. The fraction of sp³-hybridized carbons (Fsp3) is 0.273. The van der Waals surface area contributed by atoms with Crippen molar-refractivity contribution in [3.63, 3.8) is 0 Å². The van der Waals surface area contributed by atoms with Gasteiger partial charge < -0.3 is 10.1 Å². The summed E-state index contributed by atoms with van der Waals surface area (Å²) < 4.78 is 7.00. The first kappa shape index (κ1) is 20.2. The SMILES string of the molecule is CCC(C)n1c(SCC(=O)c2ccc3c(c2)NC(=O)CO3)nc2ccccc2c1=O. The lowest BCUT2D eigenvalue weighted by atomic mass is 10.1. The Hall–Kier alpha value is -3.13. The van der Waals surface area contributed by atoms with Gasteiger partial charge in [-0.15, -0.1) is 0 Å². The molecule has 3 aromatic rings. The van der Waals surface area contributed by atoms with Crippen molar-refractivity contribution in [1.29, 1.82) is 0 Å². The largest absolute Gasteiger partial charge is 0.482 e. The first-order chi connectivity index (χ1) is 14.5. The summed E-state index contributed by atoms with van der Waals surface area (Å²) >= 11 is 1.24. The Balaban J connectivity index is 1.62. The van der Waals surface area contributed by atoms with Crippen LogP contribution in [0.25, 0.3) is 10.9 Å². The van der Waals surface area contributed by atoms with Gasteiger partial charge in [0.15, 0.2) is 17.5 Å². The number of Topliss-reactive ketones (excluding diaryl/α,β-unsaturated/α-hetero) is 1. The molecule has 2 heterocycles. The molecule has 0 fully saturated rings. The van der Waals surface area contributed by atoms with E-state index in [1.165, 1.54) is 11.8 Å². The van der Waals surface area contributed by atoms with E-state index in [0.29, 0.717) is 33.1 Å². The highest BCUT2D eigenvalue weighted by atomic mass is 32.2. The van der Waals surface area contributed by atoms with E-state index in [-0.39, 0.29) is 35.7 Å². The summed E-state index contributed by atoms with van der Waals surface area (Å²) in [5, 5.41) is 3.80. The van der Waals surface area contributed by atoms with E-state index in [1.807, 2.05) is 26.0 Å². The summed E-state index contributed by atoms with van der Waals surface area (Å²) in [5.41, 5.74) is 1.47. The number of fused-ring (bicyclic) bond motifs is 2.